The zero-order chi connectivity index (χ0) is 12.0. The van der Waals surface area contributed by atoms with Gasteiger partial charge in [0.1, 0.15) is 5.78 Å². The summed E-state index contributed by atoms with van der Waals surface area (Å²) in [7, 11) is 0. The van der Waals surface area contributed by atoms with Crippen LogP contribution in [0.25, 0.3) is 0 Å². The van der Waals surface area contributed by atoms with Crippen LogP contribution in [0.2, 0.25) is 0 Å². The van der Waals surface area contributed by atoms with Crippen molar-refractivity contribution in [2.24, 2.45) is 5.92 Å². The maximum atomic E-state index is 11.3. The van der Waals surface area contributed by atoms with E-state index in [-0.39, 0.29) is 5.92 Å². The van der Waals surface area contributed by atoms with Crippen LogP contribution in [0.3, 0.4) is 0 Å². The van der Waals surface area contributed by atoms with Crippen molar-refractivity contribution in [3.63, 3.8) is 0 Å². The first-order valence-corrected chi connectivity index (χ1v) is 6.46. The molecule has 1 atom stereocenters. The predicted octanol–water partition coefficient (Wildman–Crippen LogP) is 2.10. The van der Waals surface area contributed by atoms with Gasteiger partial charge in [-0.2, -0.15) is 0 Å². The Hall–Kier alpha value is -0.410. The van der Waals surface area contributed by atoms with Gasteiger partial charge >= 0.3 is 0 Å². The minimum atomic E-state index is 0.237. The van der Waals surface area contributed by atoms with Gasteiger partial charge < -0.3 is 9.64 Å². The third kappa shape index (κ3) is 5.08. The first kappa shape index (κ1) is 13.7. The smallest absolute Gasteiger partial charge is 0.138 e. The van der Waals surface area contributed by atoms with E-state index < -0.39 is 0 Å². The van der Waals surface area contributed by atoms with Crippen LogP contribution in [0.4, 0.5) is 0 Å². The SMILES string of the molecule is CC(C)OCCCCN1CCC(=O)C(C)C1. The quantitative estimate of drug-likeness (QED) is 0.651. The second-order valence-corrected chi connectivity index (χ2v) is 5.04. The van der Waals surface area contributed by atoms with Crippen molar-refractivity contribution >= 4 is 5.78 Å². The van der Waals surface area contributed by atoms with Crippen molar-refractivity contribution in [3.8, 4) is 0 Å². The summed E-state index contributed by atoms with van der Waals surface area (Å²) >= 11 is 0. The maximum absolute atomic E-state index is 11.3. The van der Waals surface area contributed by atoms with Crippen molar-refractivity contribution < 1.29 is 9.53 Å². The highest BCUT2D eigenvalue weighted by Gasteiger charge is 2.22. The summed E-state index contributed by atoms with van der Waals surface area (Å²) in [6.07, 6.45) is 3.38. The average Bonchev–Trinajstić information content (AvgIpc) is 2.22. The Kier molecular flexibility index (Phi) is 5.99. The highest BCUT2D eigenvalue weighted by molar-refractivity contribution is 5.81. The van der Waals surface area contributed by atoms with Gasteiger partial charge in [-0.3, -0.25) is 4.79 Å². The number of carbonyl (C=O) groups excluding carboxylic acids is 1. The fourth-order valence-corrected chi connectivity index (χ4v) is 2.05. The normalized spacial score (nSPS) is 23.0. The zero-order valence-electron chi connectivity index (χ0n) is 10.9. The summed E-state index contributed by atoms with van der Waals surface area (Å²) in [5, 5.41) is 0. The van der Waals surface area contributed by atoms with Crippen molar-refractivity contribution in [1.29, 1.82) is 0 Å². The Labute approximate surface area is 99.1 Å². The van der Waals surface area contributed by atoms with Crippen LogP contribution in [-0.4, -0.2) is 43.0 Å². The number of carbonyl (C=O) groups is 1. The molecule has 1 heterocycles. The Morgan fingerprint density at radius 2 is 2.19 bits per heavy atom. The third-order valence-corrected chi connectivity index (χ3v) is 3.08. The fraction of sp³-hybridized carbons (Fsp3) is 0.923. The lowest BCUT2D eigenvalue weighted by atomic mass is 9.98. The number of Topliss-reactive ketones (excluding diaryl/α,β-unsaturated/α-hetero) is 1. The molecular formula is C13H25NO2. The molecule has 0 spiro atoms. The van der Waals surface area contributed by atoms with Crippen molar-refractivity contribution in [2.45, 2.75) is 46.1 Å². The summed E-state index contributed by atoms with van der Waals surface area (Å²) in [6.45, 7) is 10.0. The second kappa shape index (κ2) is 7.02. The van der Waals surface area contributed by atoms with Crippen LogP contribution in [0.15, 0.2) is 0 Å². The number of unbranched alkanes of at least 4 members (excludes halogenated alkanes) is 1. The predicted molar refractivity (Wildman–Crippen MR) is 65.6 cm³/mol. The first-order valence-electron chi connectivity index (χ1n) is 6.46. The van der Waals surface area contributed by atoms with Crippen LogP contribution in [0.1, 0.15) is 40.0 Å². The molecule has 1 saturated heterocycles. The lowest BCUT2D eigenvalue weighted by Gasteiger charge is -2.29. The van der Waals surface area contributed by atoms with E-state index in [0.717, 1.165) is 39.1 Å². The molecular weight excluding hydrogens is 202 g/mol. The van der Waals surface area contributed by atoms with Gasteiger partial charge in [0, 0.05) is 32.0 Å². The number of hydrogen-bond donors (Lipinski definition) is 0. The topological polar surface area (TPSA) is 29.5 Å². The van der Waals surface area contributed by atoms with E-state index in [2.05, 4.69) is 18.7 Å². The molecule has 0 aromatic rings. The number of likely N-dealkylation sites (tertiary alicyclic amines) is 1. The van der Waals surface area contributed by atoms with Crippen LogP contribution in [0, 0.1) is 5.92 Å². The molecule has 1 fully saturated rings. The molecule has 1 unspecified atom stereocenters. The number of piperidine rings is 1. The molecule has 3 heteroatoms. The van der Waals surface area contributed by atoms with E-state index in [1.165, 1.54) is 6.42 Å². The molecule has 0 saturated carbocycles. The van der Waals surface area contributed by atoms with E-state index >= 15 is 0 Å². The van der Waals surface area contributed by atoms with Gasteiger partial charge in [-0.1, -0.05) is 6.92 Å². The van der Waals surface area contributed by atoms with Gasteiger partial charge in [-0.25, -0.2) is 0 Å². The van der Waals surface area contributed by atoms with Crippen molar-refractivity contribution in [1.82, 2.24) is 4.90 Å². The van der Waals surface area contributed by atoms with Gasteiger partial charge in [0.15, 0.2) is 0 Å². The molecule has 3 nitrogen and oxygen atoms in total. The minimum Gasteiger partial charge on any atom is -0.379 e. The molecule has 0 aromatic carbocycles. The van der Waals surface area contributed by atoms with Crippen LogP contribution in [0.5, 0.6) is 0 Å². The second-order valence-electron chi connectivity index (χ2n) is 5.04. The van der Waals surface area contributed by atoms with E-state index in [0.29, 0.717) is 11.9 Å². The highest BCUT2D eigenvalue weighted by atomic mass is 16.5. The largest absolute Gasteiger partial charge is 0.379 e. The summed E-state index contributed by atoms with van der Waals surface area (Å²) in [6, 6.07) is 0. The molecule has 0 amide bonds. The van der Waals surface area contributed by atoms with Crippen molar-refractivity contribution in [3.05, 3.63) is 0 Å². The third-order valence-electron chi connectivity index (χ3n) is 3.08. The molecule has 1 aliphatic heterocycles. The van der Waals surface area contributed by atoms with Crippen molar-refractivity contribution in [2.75, 3.05) is 26.2 Å². The highest BCUT2D eigenvalue weighted by Crippen LogP contribution is 2.12. The van der Waals surface area contributed by atoms with Gasteiger partial charge in [0.05, 0.1) is 6.10 Å². The molecule has 94 valence electrons. The minimum absolute atomic E-state index is 0.237. The molecule has 16 heavy (non-hydrogen) atoms. The summed E-state index contributed by atoms with van der Waals surface area (Å²) < 4.78 is 5.50. The average molecular weight is 227 g/mol. The van der Waals surface area contributed by atoms with Gasteiger partial charge in [-0.15, -0.1) is 0 Å². The number of hydrogen-bond acceptors (Lipinski definition) is 3. The lowest BCUT2D eigenvalue weighted by molar-refractivity contribution is -0.125. The first-order chi connectivity index (χ1) is 7.59. The molecule has 0 aliphatic carbocycles. The van der Waals surface area contributed by atoms with Crippen LogP contribution in [-0.2, 0) is 9.53 Å². The Bertz CT molecular complexity index is 216. The van der Waals surface area contributed by atoms with E-state index in [1.54, 1.807) is 0 Å². The van der Waals surface area contributed by atoms with Gasteiger partial charge in [0.2, 0.25) is 0 Å². The molecule has 1 aliphatic rings. The Morgan fingerprint density at radius 1 is 1.44 bits per heavy atom. The fourth-order valence-electron chi connectivity index (χ4n) is 2.05. The molecule has 0 bridgehead atoms. The molecule has 1 rings (SSSR count). The summed E-state index contributed by atoms with van der Waals surface area (Å²) in [4.78, 5) is 13.7. The van der Waals surface area contributed by atoms with Crippen LogP contribution >= 0.6 is 0 Å². The monoisotopic (exact) mass is 227 g/mol. The number of ether oxygens (including phenoxy) is 1. The Balaban J connectivity index is 2.03. The van der Waals surface area contributed by atoms with E-state index in [1.807, 2.05) is 6.92 Å². The number of ketones is 1. The Morgan fingerprint density at radius 3 is 2.81 bits per heavy atom. The number of nitrogens with zero attached hydrogens (tertiary/aromatic N) is 1. The van der Waals surface area contributed by atoms with Crippen LogP contribution < -0.4 is 0 Å². The summed E-state index contributed by atoms with van der Waals surface area (Å²) in [5.41, 5.74) is 0. The maximum Gasteiger partial charge on any atom is 0.138 e. The van der Waals surface area contributed by atoms with Gasteiger partial charge in [-0.05, 0) is 33.2 Å². The summed E-state index contributed by atoms with van der Waals surface area (Å²) in [5.74, 6) is 0.667. The molecule has 0 N–H and O–H groups in total. The lowest BCUT2D eigenvalue weighted by Crippen LogP contribution is -2.40. The van der Waals surface area contributed by atoms with Gasteiger partial charge in [0.25, 0.3) is 0 Å². The molecule has 0 aromatic heterocycles. The standard InChI is InChI=1S/C13H25NO2/c1-11(2)16-9-5-4-7-14-8-6-13(15)12(3)10-14/h11-12H,4-10H2,1-3H3. The molecule has 0 radical (unpaired) electrons. The zero-order valence-corrected chi connectivity index (χ0v) is 10.9. The van der Waals surface area contributed by atoms with E-state index in [4.69, 9.17) is 4.74 Å². The number of rotatable bonds is 6. The van der Waals surface area contributed by atoms with E-state index in [9.17, 15) is 4.79 Å².